The first kappa shape index (κ1) is 15.9. The monoisotopic (exact) mass is 330 g/mol. The molecule has 126 valence electrons. The zero-order chi connectivity index (χ0) is 17.1. The Morgan fingerprint density at radius 2 is 2.04 bits per heavy atom. The summed E-state index contributed by atoms with van der Waals surface area (Å²) in [5, 5.41) is 5.41. The van der Waals surface area contributed by atoms with Gasteiger partial charge in [-0.3, -0.25) is 4.57 Å². The number of benzene rings is 1. The second-order valence-electron chi connectivity index (χ2n) is 5.42. The van der Waals surface area contributed by atoms with Crippen LogP contribution in [0.5, 0.6) is 11.5 Å². The normalized spacial score (nSPS) is 12.1. The molecule has 0 saturated carbocycles. The molecular formula is C16H18N4O4. The molecule has 0 fully saturated rings. The number of anilines is 1. The van der Waals surface area contributed by atoms with E-state index in [9.17, 15) is 9.59 Å². The largest absolute Gasteiger partial charge is 0.454 e. The highest BCUT2D eigenvalue weighted by atomic mass is 16.7. The molecule has 0 atom stereocenters. The molecule has 2 amide bonds. The van der Waals surface area contributed by atoms with E-state index in [2.05, 4.69) is 15.6 Å². The SMILES string of the molecule is Cc1cc(C)n(CCNC(=O)Nc2ccc3c(c2)OCO3)c(=O)n1. The molecule has 8 heteroatoms. The first-order chi connectivity index (χ1) is 11.5. The number of hydrogen-bond donors (Lipinski definition) is 2. The van der Waals surface area contributed by atoms with Crippen molar-refractivity contribution in [3.63, 3.8) is 0 Å². The van der Waals surface area contributed by atoms with Gasteiger partial charge in [0.2, 0.25) is 6.79 Å². The average Bonchev–Trinajstić information content (AvgIpc) is 2.97. The Morgan fingerprint density at radius 1 is 1.25 bits per heavy atom. The second kappa shape index (κ2) is 6.61. The maximum atomic E-state index is 11.9. The van der Waals surface area contributed by atoms with Gasteiger partial charge in [-0.2, -0.15) is 4.98 Å². The van der Waals surface area contributed by atoms with E-state index in [1.54, 1.807) is 25.1 Å². The summed E-state index contributed by atoms with van der Waals surface area (Å²) in [6.07, 6.45) is 0. The van der Waals surface area contributed by atoms with Gasteiger partial charge < -0.3 is 20.1 Å². The lowest BCUT2D eigenvalue weighted by Crippen LogP contribution is -2.35. The molecule has 0 radical (unpaired) electrons. The second-order valence-corrected chi connectivity index (χ2v) is 5.42. The molecule has 1 aliphatic heterocycles. The van der Waals surface area contributed by atoms with Gasteiger partial charge in [0.1, 0.15) is 0 Å². The fraction of sp³-hybridized carbons (Fsp3) is 0.312. The number of amides is 2. The maximum absolute atomic E-state index is 11.9. The Hall–Kier alpha value is -3.03. The van der Waals surface area contributed by atoms with E-state index in [1.165, 1.54) is 4.57 Å². The van der Waals surface area contributed by atoms with E-state index < -0.39 is 0 Å². The number of carbonyl (C=O) groups excluding carboxylic acids is 1. The van der Waals surface area contributed by atoms with Gasteiger partial charge in [-0.15, -0.1) is 0 Å². The Morgan fingerprint density at radius 3 is 2.83 bits per heavy atom. The minimum absolute atomic E-state index is 0.184. The van der Waals surface area contributed by atoms with E-state index in [0.29, 0.717) is 36.0 Å². The van der Waals surface area contributed by atoms with Gasteiger partial charge in [0.05, 0.1) is 0 Å². The predicted octanol–water partition coefficient (Wildman–Crippen LogP) is 1.41. The lowest BCUT2D eigenvalue weighted by molar-refractivity contribution is 0.174. The summed E-state index contributed by atoms with van der Waals surface area (Å²) in [5.74, 6) is 1.25. The summed E-state index contributed by atoms with van der Waals surface area (Å²) in [5.41, 5.74) is 1.78. The molecule has 24 heavy (non-hydrogen) atoms. The summed E-state index contributed by atoms with van der Waals surface area (Å²) in [6.45, 7) is 4.45. The van der Waals surface area contributed by atoms with E-state index in [0.717, 1.165) is 5.69 Å². The molecule has 3 rings (SSSR count). The van der Waals surface area contributed by atoms with Crippen LogP contribution in [0.2, 0.25) is 0 Å². The summed E-state index contributed by atoms with van der Waals surface area (Å²) in [4.78, 5) is 27.6. The molecule has 0 spiro atoms. The molecule has 0 bridgehead atoms. The third-order valence-corrected chi connectivity index (χ3v) is 3.60. The van der Waals surface area contributed by atoms with E-state index >= 15 is 0 Å². The zero-order valence-electron chi connectivity index (χ0n) is 13.5. The van der Waals surface area contributed by atoms with Crippen molar-refractivity contribution in [1.29, 1.82) is 0 Å². The Labute approximate surface area is 138 Å². The van der Waals surface area contributed by atoms with Gasteiger partial charge in [0, 0.05) is 36.2 Å². The van der Waals surface area contributed by atoms with Crippen LogP contribution in [0.3, 0.4) is 0 Å². The van der Waals surface area contributed by atoms with Crippen molar-refractivity contribution in [2.24, 2.45) is 0 Å². The molecular weight excluding hydrogens is 312 g/mol. The minimum Gasteiger partial charge on any atom is -0.454 e. The number of nitrogens with one attached hydrogen (secondary N) is 2. The fourth-order valence-electron chi connectivity index (χ4n) is 2.48. The molecule has 2 N–H and O–H groups in total. The van der Waals surface area contributed by atoms with Crippen molar-refractivity contribution in [3.05, 3.63) is 46.1 Å². The number of urea groups is 1. The molecule has 0 aliphatic carbocycles. The number of fused-ring (bicyclic) bond motifs is 1. The van der Waals surface area contributed by atoms with Crippen LogP contribution in [-0.4, -0.2) is 28.9 Å². The lowest BCUT2D eigenvalue weighted by Gasteiger charge is -2.11. The quantitative estimate of drug-likeness (QED) is 0.884. The van der Waals surface area contributed by atoms with E-state index in [4.69, 9.17) is 9.47 Å². The van der Waals surface area contributed by atoms with Crippen LogP contribution < -0.4 is 25.8 Å². The number of hydrogen-bond acceptors (Lipinski definition) is 5. The molecule has 1 aromatic heterocycles. The average molecular weight is 330 g/mol. The number of nitrogens with zero attached hydrogens (tertiary/aromatic N) is 2. The number of rotatable bonds is 4. The summed E-state index contributed by atoms with van der Waals surface area (Å²) in [7, 11) is 0. The molecule has 2 aromatic rings. The summed E-state index contributed by atoms with van der Waals surface area (Å²) in [6, 6.07) is 6.62. The number of aromatic nitrogens is 2. The van der Waals surface area contributed by atoms with Gasteiger partial charge in [-0.1, -0.05) is 0 Å². The minimum atomic E-state index is -0.361. The zero-order valence-corrected chi connectivity index (χ0v) is 13.5. The van der Waals surface area contributed by atoms with Gasteiger partial charge in [-0.25, -0.2) is 9.59 Å². The molecule has 0 saturated heterocycles. The van der Waals surface area contributed by atoms with Crippen molar-refractivity contribution < 1.29 is 14.3 Å². The smallest absolute Gasteiger partial charge is 0.348 e. The third kappa shape index (κ3) is 3.48. The van der Waals surface area contributed by atoms with Crippen molar-refractivity contribution in [2.45, 2.75) is 20.4 Å². The Kier molecular flexibility index (Phi) is 4.37. The van der Waals surface area contributed by atoms with Crippen LogP contribution in [0, 0.1) is 13.8 Å². The molecule has 8 nitrogen and oxygen atoms in total. The summed E-state index contributed by atoms with van der Waals surface area (Å²) >= 11 is 0. The highest BCUT2D eigenvalue weighted by Gasteiger charge is 2.14. The highest BCUT2D eigenvalue weighted by molar-refractivity contribution is 5.89. The fourth-order valence-corrected chi connectivity index (χ4v) is 2.48. The lowest BCUT2D eigenvalue weighted by atomic mass is 10.3. The molecule has 1 aromatic carbocycles. The third-order valence-electron chi connectivity index (χ3n) is 3.60. The Balaban J connectivity index is 1.54. The summed E-state index contributed by atoms with van der Waals surface area (Å²) < 4.78 is 12.0. The highest BCUT2D eigenvalue weighted by Crippen LogP contribution is 2.34. The standard InChI is InChI=1S/C16H18N4O4/c1-10-7-11(2)20(16(22)18-10)6-5-17-15(21)19-12-3-4-13-14(8-12)24-9-23-13/h3-4,7-8H,5-6,9H2,1-2H3,(H2,17,19,21). The van der Waals surface area contributed by atoms with Gasteiger partial charge >= 0.3 is 11.7 Å². The molecule has 0 unspecified atom stereocenters. The maximum Gasteiger partial charge on any atom is 0.348 e. The van der Waals surface area contributed by atoms with E-state index in [1.807, 2.05) is 13.0 Å². The topological polar surface area (TPSA) is 94.5 Å². The van der Waals surface area contributed by atoms with Gasteiger partial charge in [0.15, 0.2) is 11.5 Å². The van der Waals surface area contributed by atoms with Crippen LogP contribution in [-0.2, 0) is 6.54 Å². The van der Waals surface area contributed by atoms with Gasteiger partial charge in [-0.05, 0) is 32.0 Å². The van der Waals surface area contributed by atoms with Crippen molar-refractivity contribution >= 4 is 11.7 Å². The predicted molar refractivity (Wildman–Crippen MR) is 87.6 cm³/mol. The first-order valence-corrected chi connectivity index (χ1v) is 7.52. The van der Waals surface area contributed by atoms with Crippen molar-refractivity contribution in [1.82, 2.24) is 14.9 Å². The first-order valence-electron chi connectivity index (χ1n) is 7.52. The van der Waals surface area contributed by atoms with Crippen molar-refractivity contribution in [3.8, 4) is 11.5 Å². The van der Waals surface area contributed by atoms with E-state index in [-0.39, 0.29) is 18.5 Å². The number of ether oxygens (including phenoxy) is 2. The van der Waals surface area contributed by atoms with Crippen LogP contribution in [0.15, 0.2) is 29.1 Å². The van der Waals surface area contributed by atoms with Gasteiger partial charge in [0.25, 0.3) is 0 Å². The van der Waals surface area contributed by atoms with Crippen LogP contribution in [0.1, 0.15) is 11.4 Å². The number of aryl methyl sites for hydroxylation is 2. The number of carbonyl (C=O) groups is 1. The van der Waals surface area contributed by atoms with Crippen molar-refractivity contribution in [2.75, 3.05) is 18.7 Å². The van der Waals surface area contributed by atoms with Crippen LogP contribution in [0.4, 0.5) is 10.5 Å². The van der Waals surface area contributed by atoms with Crippen LogP contribution in [0.25, 0.3) is 0 Å². The molecule has 2 heterocycles. The molecule has 1 aliphatic rings. The Bertz CT molecular complexity index is 831. The van der Waals surface area contributed by atoms with Crippen LogP contribution >= 0.6 is 0 Å².